The number of hydrogen-bond donors (Lipinski definition) is 2. The highest BCUT2D eigenvalue weighted by atomic mass is 35.5. The number of hydrogen-bond acceptors (Lipinski definition) is 6. The van der Waals surface area contributed by atoms with E-state index in [0.29, 0.717) is 22.3 Å². The summed E-state index contributed by atoms with van der Waals surface area (Å²) in [6, 6.07) is 14.7. The molecule has 0 aliphatic heterocycles. The molecule has 0 unspecified atom stereocenters. The van der Waals surface area contributed by atoms with Crippen molar-refractivity contribution in [1.82, 2.24) is 5.32 Å². The van der Waals surface area contributed by atoms with Crippen LogP contribution in [-0.4, -0.2) is 23.1 Å². The van der Waals surface area contributed by atoms with E-state index in [1.165, 1.54) is 37.5 Å². The van der Waals surface area contributed by atoms with Gasteiger partial charge in [-0.3, -0.25) is 20.2 Å². The van der Waals surface area contributed by atoms with Gasteiger partial charge in [0.2, 0.25) is 5.91 Å². The number of nitro groups is 1. The number of halogens is 1. The summed E-state index contributed by atoms with van der Waals surface area (Å²) >= 11 is 11.0. The minimum absolute atomic E-state index is 0.0465. The van der Waals surface area contributed by atoms with E-state index in [4.69, 9.17) is 33.0 Å². The lowest BCUT2D eigenvalue weighted by Crippen LogP contribution is -2.32. The fraction of sp³-hybridized carbons (Fsp3) is 0.0476. The second-order valence-corrected chi connectivity index (χ2v) is 6.97. The minimum atomic E-state index is -0.545. The van der Waals surface area contributed by atoms with E-state index in [0.717, 1.165) is 5.56 Å². The summed E-state index contributed by atoms with van der Waals surface area (Å²) in [4.78, 5) is 22.5. The largest absolute Gasteiger partial charge is 0.495 e. The molecule has 3 aromatic rings. The molecule has 0 saturated carbocycles. The molecule has 8 nitrogen and oxygen atoms in total. The predicted octanol–water partition coefficient (Wildman–Crippen LogP) is 5.04. The molecule has 0 aliphatic rings. The first-order chi connectivity index (χ1) is 14.9. The molecule has 2 N–H and O–H groups in total. The Bertz CT molecular complexity index is 1160. The number of ether oxygens (including phenoxy) is 1. The lowest BCUT2D eigenvalue weighted by Gasteiger charge is -2.11. The van der Waals surface area contributed by atoms with Crippen LogP contribution in [0.1, 0.15) is 5.76 Å². The Kier molecular flexibility index (Phi) is 7.01. The van der Waals surface area contributed by atoms with Crippen LogP contribution in [0.3, 0.4) is 0 Å². The van der Waals surface area contributed by atoms with E-state index < -0.39 is 10.8 Å². The van der Waals surface area contributed by atoms with E-state index in [1.807, 2.05) is 12.1 Å². The highest BCUT2D eigenvalue weighted by Crippen LogP contribution is 2.29. The zero-order valence-electron chi connectivity index (χ0n) is 16.1. The van der Waals surface area contributed by atoms with Crippen molar-refractivity contribution in [2.24, 2.45) is 0 Å². The number of non-ortho nitro benzene ring substituents is 1. The molecule has 1 aromatic heterocycles. The lowest BCUT2D eigenvalue weighted by atomic mass is 10.2. The van der Waals surface area contributed by atoms with E-state index in [-0.39, 0.29) is 16.5 Å². The van der Waals surface area contributed by atoms with Crippen molar-refractivity contribution in [3.05, 3.63) is 81.6 Å². The second-order valence-electron chi connectivity index (χ2n) is 6.13. The number of methoxy groups -OCH3 is 1. The number of carbonyl (C=O) groups excluding carboxylic acids is 1. The number of carbonyl (C=O) groups is 1. The molecule has 0 atom stereocenters. The summed E-state index contributed by atoms with van der Waals surface area (Å²) in [5, 5.41) is 16.7. The topological polar surface area (TPSA) is 107 Å². The number of amides is 1. The molecule has 0 fully saturated rings. The Labute approximate surface area is 187 Å². The third-order valence-corrected chi connectivity index (χ3v) is 4.49. The zero-order valence-corrected chi connectivity index (χ0v) is 17.7. The third-order valence-electron chi connectivity index (χ3n) is 4.03. The van der Waals surface area contributed by atoms with Gasteiger partial charge in [0.15, 0.2) is 5.11 Å². The van der Waals surface area contributed by atoms with Crippen LogP contribution in [-0.2, 0) is 4.79 Å². The van der Waals surface area contributed by atoms with Crippen LogP contribution in [0, 0.1) is 10.1 Å². The van der Waals surface area contributed by atoms with Crippen molar-refractivity contribution < 1.29 is 18.9 Å². The number of thiocarbonyl (C=S) groups is 1. The number of furan rings is 1. The first kappa shape index (κ1) is 22.0. The van der Waals surface area contributed by atoms with Gasteiger partial charge in [0.05, 0.1) is 17.7 Å². The molecule has 1 amide bonds. The van der Waals surface area contributed by atoms with E-state index in [2.05, 4.69) is 10.6 Å². The maximum absolute atomic E-state index is 12.1. The monoisotopic (exact) mass is 457 g/mol. The molecule has 2 aromatic carbocycles. The van der Waals surface area contributed by atoms with Crippen LogP contribution in [0.4, 0.5) is 11.4 Å². The molecule has 0 saturated heterocycles. The fourth-order valence-corrected chi connectivity index (χ4v) is 2.92. The van der Waals surface area contributed by atoms with Gasteiger partial charge in [0, 0.05) is 28.8 Å². The van der Waals surface area contributed by atoms with E-state index >= 15 is 0 Å². The molecule has 10 heteroatoms. The maximum atomic E-state index is 12.1. The molecule has 31 heavy (non-hydrogen) atoms. The van der Waals surface area contributed by atoms with Crippen molar-refractivity contribution in [3.8, 4) is 17.1 Å². The molecule has 1 heterocycles. The minimum Gasteiger partial charge on any atom is -0.495 e. The van der Waals surface area contributed by atoms with Gasteiger partial charge in [-0.05, 0) is 60.8 Å². The Balaban J connectivity index is 1.61. The number of benzene rings is 2. The highest BCUT2D eigenvalue weighted by Gasteiger charge is 2.13. The predicted molar refractivity (Wildman–Crippen MR) is 122 cm³/mol. The highest BCUT2D eigenvalue weighted by molar-refractivity contribution is 7.80. The molecule has 158 valence electrons. The number of nitrogens with one attached hydrogen (secondary N) is 2. The van der Waals surface area contributed by atoms with Gasteiger partial charge >= 0.3 is 0 Å². The molecular formula is C21H16ClN3O5S. The van der Waals surface area contributed by atoms with Crippen LogP contribution >= 0.6 is 23.8 Å². The number of nitrogens with zero attached hydrogens (tertiary/aromatic N) is 1. The summed E-state index contributed by atoms with van der Waals surface area (Å²) in [6.07, 6.45) is 2.74. The molecule has 0 aliphatic carbocycles. The summed E-state index contributed by atoms with van der Waals surface area (Å²) in [5.74, 6) is 0.931. The molecule has 0 spiro atoms. The standard InChI is InChI=1S/C21H16ClN3O5S/c1-29-19-9-6-15(25(27)28)12-17(19)23-21(31)24-20(26)11-8-16-7-10-18(30-16)13-2-4-14(22)5-3-13/h2-12H,1H3,(H2,23,24,26,31). The summed E-state index contributed by atoms with van der Waals surface area (Å²) in [6.45, 7) is 0. The maximum Gasteiger partial charge on any atom is 0.271 e. The Morgan fingerprint density at radius 2 is 1.94 bits per heavy atom. The zero-order chi connectivity index (χ0) is 22.4. The van der Waals surface area contributed by atoms with Crippen molar-refractivity contribution in [3.63, 3.8) is 0 Å². The van der Waals surface area contributed by atoms with Crippen molar-refractivity contribution in [2.75, 3.05) is 12.4 Å². The van der Waals surface area contributed by atoms with Crippen LogP contribution in [0.15, 0.2) is 65.1 Å². The van der Waals surface area contributed by atoms with Gasteiger partial charge in [-0.25, -0.2) is 0 Å². The SMILES string of the molecule is COc1ccc([N+](=O)[O-])cc1NC(=S)NC(=O)C=Cc1ccc(-c2ccc(Cl)cc2)o1. The average Bonchev–Trinajstić information content (AvgIpc) is 3.21. The van der Waals surface area contributed by atoms with Crippen molar-refractivity contribution >= 4 is 52.3 Å². The average molecular weight is 458 g/mol. The molecule has 0 bridgehead atoms. The third kappa shape index (κ3) is 5.91. The molecule has 0 radical (unpaired) electrons. The second kappa shape index (κ2) is 9.88. The summed E-state index contributed by atoms with van der Waals surface area (Å²) in [7, 11) is 1.42. The van der Waals surface area contributed by atoms with Crippen LogP contribution in [0.2, 0.25) is 5.02 Å². The first-order valence-corrected chi connectivity index (χ1v) is 9.62. The van der Waals surface area contributed by atoms with Crippen LogP contribution < -0.4 is 15.4 Å². The Morgan fingerprint density at radius 1 is 1.19 bits per heavy atom. The quantitative estimate of drug-likeness (QED) is 0.231. The van der Waals surface area contributed by atoms with Crippen molar-refractivity contribution in [2.45, 2.75) is 0 Å². The normalized spacial score (nSPS) is 10.6. The lowest BCUT2D eigenvalue weighted by molar-refractivity contribution is -0.384. The van der Waals surface area contributed by atoms with Gasteiger partial charge in [-0.1, -0.05) is 11.6 Å². The van der Waals surface area contributed by atoms with Gasteiger partial charge in [0.25, 0.3) is 5.69 Å². The van der Waals surface area contributed by atoms with Crippen LogP contribution in [0.25, 0.3) is 17.4 Å². The Morgan fingerprint density at radius 3 is 2.61 bits per heavy atom. The number of nitro benzene ring substituents is 1. The fourth-order valence-electron chi connectivity index (χ4n) is 2.58. The first-order valence-electron chi connectivity index (χ1n) is 8.84. The summed E-state index contributed by atoms with van der Waals surface area (Å²) in [5.41, 5.74) is 0.959. The number of rotatable bonds is 6. The van der Waals surface area contributed by atoms with Gasteiger partial charge < -0.3 is 14.5 Å². The van der Waals surface area contributed by atoms with Gasteiger partial charge in [-0.15, -0.1) is 0 Å². The molecule has 3 rings (SSSR count). The van der Waals surface area contributed by atoms with E-state index in [9.17, 15) is 14.9 Å². The van der Waals surface area contributed by atoms with Gasteiger partial charge in [0.1, 0.15) is 17.3 Å². The van der Waals surface area contributed by atoms with Crippen LogP contribution in [0.5, 0.6) is 5.75 Å². The van der Waals surface area contributed by atoms with Gasteiger partial charge in [-0.2, -0.15) is 0 Å². The van der Waals surface area contributed by atoms with Crippen molar-refractivity contribution in [1.29, 1.82) is 0 Å². The summed E-state index contributed by atoms with van der Waals surface area (Å²) < 4.78 is 10.8. The van der Waals surface area contributed by atoms with E-state index in [1.54, 1.807) is 24.3 Å². The number of anilines is 1. The Hall–Kier alpha value is -3.69. The molecular weight excluding hydrogens is 442 g/mol. The smallest absolute Gasteiger partial charge is 0.271 e.